The summed E-state index contributed by atoms with van der Waals surface area (Å²) in [4.78, 5) is 6.62. The molecule has 3 aromatic carbocycles. The predicted molar refractivity (Wildman–Crippen MR) is 157 cm³/mol. The number of nitrogens with zero attached hydrogens (tertiary/aromatic N) is 4. The number of hydrogen-bond donors (Lipinski definition) is 3. The number of aryl methyl sites for hydroxylation is 2. The SMILES string of the molecule is Cc1cc(C)c(C(O)N2CCN(c3ccccc3)[C@H](CO)C2)cc1NC1CCN(c2ccccc2C#N)CC1. The van der Waals surface area contributed by atoms with Gasteiger partial charge in [0.25, 0.3) is 0 Å². The highest BCUT2D eigenvalue weighted by atomic mass is 16.3. The van der Waals surface area contributed by atoms with Crippen molar-refractivity contribution in [2.75, 3.05) is 54.4 Å². The summed E-state index contributed by atoms with van der Waals surface area (Å²) >= 11 is 0. The van der Waals surface area contributed by atoms with Crippen molar-refractivity contribution in [1.82, 2.24) is 4.90 Å². The fourth-order valence-electron chi connectivity index (χ4n) is 6.05. The average Bonchev–Trinajstić information content (AvgIpc) is 2.98. The summed E-state index contributed by atoms with van der Waals surface area (Å²) in [6.45, 7) is 8.05. The number of aliphatic hydroxyl groups is 2. The van der Waals surface area contributed by atoms with Crippen LogP contribution in [0.5, 0.6) is 0 Å². The predicted octanol–water partition coefficient (Wildman–Crippen LogP) is 4.43. The molecule has 2 heterocycles. The van der Waals surface area contributed by atoms with E-state index in [1.54, 1.807) is 0 Å². The Labute approximate surface area is 231 Å². The summed E-state index contributed by atoms with van der Waals surface area (Å²) in [5.74, 6) is 0. The van der Waals surface area contributed by atoms with Crippen molar-refractivity contribution in [2.45, 2.75) is 45.0 Å². The van der Waals surface area contributed by atoms with E-state index in [0.717, 1.165) is 66.2 Å². The summed E-state index contributed by atoms with van der Waals surface area (Å²) in [6, 6.07) is 24.8. The smallest absolute Gasteiger partial charge is 0.134 e. The number of piperazine rings is 1. The van der Waals surface area contributed by atoms with Gasteiger partial charge in [-0.3, -0.25) is 4.90 Å². The molecule has 2 aliphatic rings. The van der Waals surface area contributed by atoms with Crippen molar-refractivity contribution in [3.8, 4) is 6.07 Å². The summed E-state index contributed by atoms with van der Waals surface area (Å²) < 4.78 is 0. The van der Waals surface area contributed by atoms with Gasteiger partial charge in [-0.15, -0.1) is 0 Å². The fourth-order valence-corrected chi connectivity index (χ4v) is 6.05. The van der Waals surface area contributed by atoms with Crippen LogP contribution in [0, 0.1) is 25.2 Å². The Morgan fingerprint density at radius 2 is 1.67 bits per heavy atom. The van der Waals surface area contributed by atoms with Crippen molar-refractivity contribution in [3.63, 3.8) is 0 Å². The molecule has 0 amide bonds. The molecule has 2 atom stereocenters. The number of rotatable bonds is 7. The first-order valence-corrected chi connectivity index (χ1v) is 13.9. The maximum Gasteiger partial charge on any atom is 0.134 e. The third kappa shape index (κ3) is 5.89. The molecule has 0 saturated carbocycles. The molecular formula is C32H39N5O2. The lowest BCUT2D eigenvalue weighted by molar-refractivity contribution is -0.0148. The van der Waals surface area contributed by atoms with E-state index in [4.69, 9.17) is 0 Å². The topological polar surface area (TPSA) is 86.0 Å². The molecule has 2 saturated heterocycles. The molecule has 2 aliphatic heterocycles. The Hall–Kier alpha value is -3.57. The number of benzene rings is 3. The van der Waals surface area contributed by atoms with Crippen LogP contribution < -0.4 is 15.1 Å². The van der Waals surface area contributed by atoms with Crippen LogP contribution in [0.25, 0.3) is 0 Å². The highest BCUT2D eigenvalue weighted by molar-refractivity contribution is 5.60. The Morgan fingerprint density at radius 3 is 2.38 bits per heavy atom. The molecular weight excluding hydrogens is 486 g/mol. The van der Waals surface area contributed by atoms with Crippen LogP contribution in [0.3, 0.4) is 0 Å². The van der Waals surface area contributed by atoms with Crippen LogP contribution in [-0.2, 0) is 0 Å². The third-order valence-corrected chi connectivity index (χ3v) is 8.27. The number of anilines is 3. The molecule has 0 spiro atoms. The molecule has 2 fully saturated rings. The highest BCUT2D eigenvalue weighted by Crippen LogP contribution is 2.32. The van der Waals surface area contributed by atoms with Crippen LogP contribution in [0.4, 0.5) is 17.1 Å². The zero-order valence-electron chi connectivity index (χ0n) is 22.9. The lowest BCUT2D eigenvalue weighted by Gasteiger charge is -2.44. The molecule has 0 aromatic heterocycles. The van der Waals surface area contributed by atoms with Gasteiger partial charge in [0, 0.05) is 55.7 Å². The van der Waals surface area contributed by atoms with Crippen LogP contribution in [-0.4, -0.2) is 66.5 Å². The second-order valence-electron chi connectivity index (χ2n) is 10.8. The monoisotopic (exact) mass is 525 g/mol. The minimum atomic E-state index is -0.734. The fraction of sp³-hybridized carbons (Fsp3) is 0.406. The van der Waals surface area contributed by atoms with E-state index >= 15 is 0 Å². The zero-order valence-corrected chi connectivity index (χ0v) is 22.9. The summed E-state index contributed by atoms with van der Waals surface area (Å²) in [6.07, 6.45) is 1.22. The Kier molecular flexibility index (Phi) is 8.37. The van der Waals surface area contributed by atoms with E-state index in [1.807, 2.05) is 42.5 Å². The van der Waals surface area contributed by atoms with Gasteiger partial charge >= 0.3 is 0 Å². The molecule has 0 radical (unpaired) electrons. The van der Waals surface area contributed by atoms with Gasteiger partial charge in [0.15, 0.2) is 0 Å². The van der Waals surface area contributed by atoms with E-state index < -0.39 is 6.23 Å². The second kappa shape index (κ2) is 12.1. The Morgan fingerprint density at radius 1 is 0.949 bits per heavy atom. The van der Waals surface area contributed by atoms with Gasteiger partial charge in [0.2, 0.25) is 0 Å². The Bertz CT molecular complexity index is 1300. The van der Waals surface area contributed by atoms with Crippen LogP contribution in [0.2, 0.25) is 0 Å². The summed E-state index contributed by atoms with van der Waals surface area (Å²) in [7, 11) is 0. The van der Waals surface area contributed by atoms with Gasteiger partial charge < -0.3 is 25.3 Å². The molecule has 39 heavy (non-hydrogen) atoms. The van der Waals surface area contributed by atoms with Gasteiger partial charge in [-0.1, -0.05) is 36.4 Å². The maximum absolute atomic E-state index is 11.5. The summed E-state index contributed by atoms with van der Waals surface area (Å²) in [5.41, 5.74) is 7.06. The zero-order chi connectivity index (χ0) is 27.4. The number of nitriles is 1. The molecule has 0 bridgehead atoms. The van der Waals surface area contributed by atoms with Gasteiger partial charge in [-0.2, -0.15) is 5.26 Å². The Balaban J connectivity index is 1.25. The van der Waals surface area contributed by atoms with Crippen molar-refractivity contribution < 1.29 is 10.2 Å². The average molecular weight is 526 g/mol. The van der Waals surface area contributed by atoms with E-state index in [1.165, 1.54) is 5.56 Å². The van der Waals surface area contributed by atoms with Gasteiger partial charge in [0.05, 0.1) is 23.9 Å². The van der Waals surface area contributed by atoms with Gasteiger partial charge in [-0.05, 0) is 68.1 Å². The molecule has 7 heteroatoms. The van der Waals surface area contributed by atoms with Gasteiger partial charge in [0.1, 0.15) is 12.3 Å². The van der Waals surface area contributed by atoms with Crippen LogP contribution in [0.1, 0.15) is 41.3 Å². The number of hydrogen-bond acceptors (Lipinski definition) is 7. The first-order valence-electron chi connectivity index (χ1n) is 13.9. The van der Waals surface area contributed by atoms with Gasteiger partial charge in [-0.25, -0.2) is 0 Å². The van der Waals surface area contributed by atoms with E-state index in [0.29, 0.717) is 19.1 Å². The number of piperidine rings is 1. The first-order chi connectivity index (χ1) is 19.0. The van der Waals surface area contributed by atoms with Crippen molar-refractivity contribution >= 4 is 17.1 Å². The molecule has 5 rings (SSSR count). The van der Waals surface area contributed by atoms with Crippen LogP contribution in [0.15, 0.2) is 66.7 Å². The van der Waals surface area contributed by atoms with E-state index in [9.17, 15) is 15.5 Å². The molecule has 7 nitrogen and oxygen atoms in total. The number of para-hydroxylation sites is 2. The van der Waals surface area contributed by atoms with Crippen LogP contribution >= 0.6 is 0 Å². The third-order valence-electron chi connectivity index (χ3n) is 8.27. The first kappa shape index (κ1) is 27.0. The highest BCUT2D eigenvalue weighted by Gasteiger charge is 2.31. The standard InChI is InChI=1S/C32H39N5O2/c1-23-18-24(2)30(34-26-12-14-35(15-13-26)31-11-7-6-8-25(31)20-33)19-29(23)32(39)36-16-17-37(28(21-36)22-38)27-9-4-3-5-10-27/h3-11,18-19,26,28,32,34,38-39H,12-17,21-22H2,1-2H3/t28-,32?/m0/s1. The number of nitrogens with one attached hydrogen (secondary N) is 1. The quantitative estimate of drug-likeness (QED) is 0.421. The molecule has 3 N–H and O–H groups in total. The van der Waals surface area contributed by atoms with Crippen molar-refractivity contribution in [1.29, 1.82) is 5.26 Å². The normalized spacial score (nSPS) is 19.5. The molecule has 0 aliphatic carbocycles. The minimum absolute atomic E-state index is 0.0370. The number of aliphatic hydroxyl groups excluding tert-OH is 2. The lowest BCUT2D eigenvalue weighted by atomic mass is 9.98. The van der Waals surface area contributed by atoms with Crippen molar-refractivity contribution in [3.05, 3.63) is 89.0 Å². The molecule has 3 aromatic rings. The molecule has 1 unspecified atom stereocenters. The molecule has 204 valence electrons. The second-order valence-corrected chi connectivity index (χ2v) is 10.8. The van der Waals surface area contributed by atoms with Crippen molar-refractivity contribution in [2.24, 2.45) is 0 Å². The largest absolute Gasteiger partial charge is 0.394 e. The van der Waals surface area contributed by atoms with E-state index in [2.05, 4.69) is 64.2 Å². The lowest BCUT2D eigenvalue weighted by Crippen LogP contribution is -2.55. The van der Waals surface area contributed by atoms with E-state index in [-0.39, 0.29) is 12.6 Å². The summed E-state index contributed by atoms with van der Waals surface area (Å²) in [5, 5.41) is 34.9. The minimum Gasteiger partial charge on any atom is -0.394 e. The maximum atomic E-state index is 11.5.